The van der Waals surface area contributed by atoms with Crippen LogP contribution in [0.3, 0.4) is 0 Å². The minimum Gasteiger partial charge on any atom is -0.364 e. The van der Waals surface area contributed by atoms with E-state index in [4.69, 9.17) is 22.1 Å². The normalized spacial score (nSPS) is 21.7. The molecule has 0 radical (unpaired) electrons. The van der Waals surface area contributed by atoms with Crippen LogP contribution in [0.2, 0.25) is 5.02 Å². The second kappa shape index (κ2) is 6.17. The first-order valence-corrected chi connectivity index (χ1v) is 6.49. The predicted molar refractivity (Wildman–Crippen MR) is 73.7 cm³/mol. The van der Waals surface area contributed by atoms with Crippen molar-refractivity contribution < 1.29 is 14.5 Å². The number of non-ortho nitro benzene ring substituents is 1. The highest BCUT2D eigenvalue weighted by molar-refractivity contribution is 6.34. The monoisotopic (exact) mass is 299 g/mol. The molecule has 0 aromatic heterocycles. The molecule has 1 heterocycles. The maximum absolute atomic E-state index is 12.0. The van der Waals surface area contributed by atoms with Gasteiger partial charge in [0.1, 0.15) is 6.10 Å². The number of hydrogen-bond acceptors (Lipinski definition) is 5. The Kier molecular flexibility index (Phi) is 4.53. The van der Waals surface area contributed by atoms with Crippen molar-refractivity contribution in [3.05, 3.63) is 33.3 Å². The summed E-state index contributed by atoms with van der Waals surface area (Å²) < 4.78 is 5.46. The quantitative estimate of drug-likeness (QED) is 0.650. The standard InChI is InChI=1S/C12H14ClN3O4/c13-9-5-7(16(18)19)1-3-10(9)15-12(17)11-4-2-8(6-14)20-11/h1,3,5,8,11H,2,4,6,14H2,(H,15,17). The molecule has 1 aliphatic heterocycles. The molecule has 7 nitrogen and oxygen atoms in total. The molecule has 3 N–H and O–H groups in total. The van der Waals surface area contributed by atoms with Gasteiger partial charge in [-0.15, -0.1) is 0 Å². The van der Waals surface area contributed by atoms with E-state index in [2.05, 4.69) is 5.32 Å². The number of carbonyl (C=O) groups is 1. The molecule has 1 aromatic rings. The molecule has 2 unspecified atom stereocenters. The summed E-state index contributed by atoms with van der Waals surface area (Å²) in [5.41, 5.74) is 5.67. The molecular formula is C12H14ClN3O4. The van der Waals surface area contributed by atoms with Crippen LogP contribution >= 0.6 is 11.6 Å². The summed E-state index contributed by atoms with van der Waals surface area (Å²) in [4.78, 5) is 22.0. The third kappa shape index (κ3) is 3.24. The molecule has 0 spiro atoms. The minimum absolute atomic E-state index is 0.0990. The average molecular weight is 300 g/mol. The number of nitro groups is 1. The fourth-order valence-electron chi connectivity index (χ4n) is 2.00. The van der Waals surface area contributed by atoms with Crippen LogP contribution < -0.4 is 11.1 Å². The fraction of sp³-hybridized carbons (Fsp3) is 0.417. The van der Waals surface area contributed by atoms with Crippen molar-refractivity contribution in [2.75, 3.05) is 11.9 Å². The lowest BCUT2D eigenvalue weighted by atomic mass is 10.2. The Bertz CT molecular complexity index is 537. The smallest absolute Gasteiger partial charge is 0.271 e. The number of carbonyl (C=O) groups excluding carboxylic acids is 1. The highest BCUT2D eigenvalue weighted by Gasteiger charge is 2.30. The minimum atomic E-state index is -0.560. The molecule has 2 atom stereocenters. The second-order valence-electron chi connectivity index (χ2n) is 4.47. The Hall–Kier alpha value is -1.70. The van der Waals surface area contributed by atoms with Crippen molar-refractivity contribution in [3.8, 4) is 0 Å². The van der Waals surface area contributed by atoms with E-state index in [1.807, 2.05) is 0 Å². The average Bonchev–Trinajstić information content (AvgIpc) is 2.89. The Morgan fingerprint density at radius 1 is 1.55 bits per heavy atom. The number of nitrogens with zero attached hydrogens (tertiary/aromatic N) is 1. The summed E-state index contributed by atoms with van der Waals surface area (Å²) in [6, 6.07) is 3.86. The van der Waals surface area contributed by atoms with Crippen LogP contribution in [0.1, 0.15) is 12.8 Å². The molecule has 0 aliphatic carbocycles. The fourth-order valence-corrected chi connectivity index (χ4v) is 2.23. The van der Waals surface area contributed by atoms with Gasteiger partial charge in [0.15, 0.2) is 0 Å². The van der Waals surface area contributed by atoms with E-state index in [0.29, 0.717) is 18.7 Å². The Morgan fingerprint density at radius 2 is 2.30 bits per heavy atom. The number of rotatable bonds is 4. The van der Waals surface area contributed by atoms with Crippen LogP contribution in [0.4, 0.5) is 11.4 Å². The van der Waals surface area contributed by atoms with Gasteiger partial charge in [-0.3, -0.25) is 14.9 Å². The number of benzene rings is 1. The number of anilines is 1. The van der Waals surface area contributed by atoms with Crippen molar-refractivity contribution in [1.29, 1.82) is 0 Å². The zero-order valence-corrected chi connectivity index (χ0v) is 11.3. The van der Waals surface area contributed by atoms with Crippen LogP contribution in [-0.2, 0) is 9.53 Å². The SMILES string of the molecule is NCC1CCC(C(=O)Nc2ccc([N+](=O)[O-])cc2Cl)O1. The third-order valence-electron chi connectivity index (χ3n) is 3.08. The summed E-state index contributed by atoms with van der Waals surface area (Å²) >= 11 is 5.90. The number of amides is 1. The molecule has 1 amide bonds. The van der Waals surface area contributed by atoms with Gasteiger partial charge in [-0.2, -0.15) is 0 Å². The van der Waals surface area contributed by atoms with Gasteiger partial charge in [-0.1, -0.05) is 11.6 Å². The second-order valence-corrected chi connectivity index (χ2v) is 4.88. The summed E-state index contributed by atoms with van der Waals surface area (Å²) in [5, 5.41) is 13.3. The largest absolute Gasteiger partial charge is 0.364 e. The third-order valence-corrected chi connectivity index (χ3v) is 3.40. The van der Waals surface area contributed by atoms with E-state index >= 15 is 0 Å². The van der Waals surface area contributed by atoms with E-state index in [0.717, 1.165) is 6.42 Å². The van der Waals surface area contributed by atoms with Crippen molar-refractivity contribution >= 4 is 28.9 Å². The van der Waals surface area contributed by atoms with Gasteiger partial charge < -0.3 is 15.8 Å². The molecule has 1 aliphatic rings. The number of halogens is 1. The molecule has 0 bridgehead atoms. The lowest BCUT2D eigenvalue weighted by Gasteiger charge is -2.13. The first-order valence-electron chi connectivity index (χ1n) is 6.11. The van der Waals surface area contributed by atoms with Crippen molar-refractivity contribution in [3.63, 3.8) is 0 Å². The van der Waals surface area contributed by atoms with Crippen LogP contribution in [0, 0.1) is 10.1 Å². The first kappa shape index (κ1) is 14.7. The zero-order valence-electron chi connectivity index (χ0n) is 10.5. The lowest BCUT2D eigenvalue weighted by molar-refractivity contribution is -0.384. The number of nitrogens with two attached hydrogens (primary N) is 1. The Labute approximate surface area is 120 Å². The van der Waals surface area contributed by atoms with Gasteiger partial charge in [0.25, 0.3) is 11.6 Å². The van der Waals surface area contributed by atoms with Crippen molar-refractivity contribution in [2.45, 2.75) is 25.0 Å². The molecule has 108 valence electrons. The van der Waals surface area contributed by atoms with Crippen LogP contribution in [0.25, 0.3) is 0 Å². The first-order chi connectivity index (χ1) is 9.51. The molecule has 2 rings (SSSR count). The van der Waals surface area contributed by atoms with Gasteiger partial charge in [0.05, 0.1) is 21.7 Å². The maximum atomic E-state index is 12.0. The summed E-state index contributed by atoms with van der Waals surface area (Å²) in [6.45, 7) is 0.377. The van der Waals surface area contributed by atoms with Crippen molar-refractivity contribution in [1.82, 2.24) is 0 Å². The van der Waals surface area contributed by atoms with Crippen LogP contribution in [0.15, 0.2) is 18.2 Å². The summed E-state index contributed by atoms with van der Waals surface area (Å²) in [5.74, 6) is -0.322. The maximum Gasteiger partial charge on any atom is 0.271 e. The van der Waals surface area contributed by atoms with Gasteiger partial charge >= 0.3 is 0 Å². The lowest BCUT2D eigenvalue weighted by Crippen LogP contribution is -2.29. The highest BCUT2D eigenvalue weighted by Crippen LogP contribution is 2.28. The van der Waals surface area contributed by atoms with E-state index < -0.39 is 11.0 Å². The van der Waals surface area contributed by atoms with Crippen molar-refractivity contribution in [2.24, 2.45) is 5.73 Å². The van der Waals surface area contributed by atoms with Gasteiger partial charge in [0, 0.05) is 18.7 Å². The molecular weight excluding hydrogens is 286 g/mol. The molecule has 20 heavy (non-hydrogen) atoms. The molecule has 1 saturated heterocycles. The predicted octanol–water partition coefficient (Wildman–Crippen LogP) is 1.69. The zero-order chi connectivity index (χ0) is 14.7. The number of nitrogens with one attached hydrogen (secondary N) is 1. The molecule has 1 aromatic carbocycles. The Balaban J connectivity index is 2.03. The van der Waals surface area contributed by atoms with Gasteiger partial charge in [0.2, 0.25) is 0 Å². The number of nitro benzene ring substituents is 1. The molecule has 0 saturated carbocycles. The van der Waals surface area contributed by atoms with E-state index in [1.165, 1.54) is 18.2 Å². The van der Waals surface area contributed by atoms with Gasteiger partial charge in [-0.05, 0) is 18.9 Å². The topological polar surface area (TPSA) is 107 Å². The van der Waals surface area contributed by atoms with E-state index in [1.54, 1.807) is 0 Å². The van der Waals surface area contributed by atoms with Crippen LogP contribution in [-0.4, -0.2) is 29.6 Å². The summed E-state index contributed by atoms with van der Waals surface area (Å²) in [7, 11) is 0. The van der Waals surface area contributed by atoms with Crippen LogP contribution in [0.5, 0.6) is 0 Å². The van der Waals surface area contributed by atoms with E-state index in [-0.39, 0.29) is 22.7 Å². The van der Waals surface area contributed by atoms with E-state index in [9.17, 15) is 14.9 Å². The molecule has 1 fully saturated rings. The van der Waals surface area contributed by atoms with Gasteiger partial charge in [-0.25, -0.2) is 0 Å². The number of ether oxygens (including phenoxy) is 1. The Morgan fingerprint density at radius 3 is 2.85 bits per heavy atom. The molecule has 8 heteroatoms. The number of hydrogen-bond donors (Lipinski definition) is 2. The highest BCUT2D eigenvalue weighted by atomic mass is 35.5. The summed E-state index contributed by atoms with van der Waals surface area (Å²) in [6.07, 6.45) is 0.675.